The molecule has 0 heterocycles. The Hall–Kier alpha value is -0.653. The maximum absolute atomic E-state index is 10.7. The van der Waals surface area contributed by atoms with Crippen LogP contribution in [0.5, 0.6) is 0 Å². The number of rotatable bonds is 13. The zero-order valence-electron chi connectivity index (χ0n) is 13.2. The van der Waals surface area contributed by atoms with Crippen molar-refractivity contribution in [2.24, 2.45) is 0 Å². The summed E-state index contributed by atoms with van der Waals surface area (Å²) < 4.78 is 12.0. The van der Waals surface area contributed by atoms with E-state index in [1.807, 2.05) is 0 Å². The zero-order valence-corrected chi connectivity index (χ0v) is 14.2. The summed E-state index contributed by atoms with van der Waals surface area (Å²) in [6.07, 6.45) is 5.58. The van der Waals surface area contributed by atoms with Crippen LogP contribution >= 0.6 is 0 Å². The lowest BCUT2D eigenvalue weighted by Gasteiger charge is -2.27. The monoisotopic (exact) mass is 302 g/mol. The van der Waals surface area contributed by atoms with Gasteiger partial charge in [-0.1, -0.05) is 33.3 Å². The van der Waals surface area contributed by atoms with Gasteiger partial charge >= 0.3 is 14.5 Å². The van der Waals surface area contributed by atoms with Crippen LogP contribution in [0.4, 0.5) is 0 Å². The second-order valence-electron chi connectivity index (χ2n) is 5.30. The van der Waals surface area contributed by atoms with E-state index in [4.69, 9.17) is 14.0 Å². The summed E-state index contributed by atoms with van der Waals surface area (Å²) in [5.41, 5.74) is 0.267. The highest BCUT2D eigenvalue weighted by Gasteiger charge is 2.30. The fraction of sp³-hybridized carbons (Fsp3) is 0.800. The second kappa shape index (κ2) is 11.1. The molecule has 1 N–H and O–H groups in total. The van der Waals surface area contributed by atoms with Crippen LogP contribution in [0.3, 0.4) is 0 Å². The van der Waals surface area contributed by atoms with Crippen molar-refractivity contribution >= 4 is 14.5 Å². The van der Waals surface area contributed by atoms with Gasteiger partial charge in [0.05, 0.1) is 0 Å². The van der Waals surface area contributed by atoms with Gasteiger partial charge in [-0.15, -0.1) is 0 Å². The number of hydrogen-bond donors (Lipinski definition) is 1. The Morgan fingerprint density at radius 3 is 2.00 bits per heavy atom. The number of hydrogen-bond acceptors (Lipinski definition) is 3. The Bertz CT molecular complexity index is 282. The minimum absolute atomic E-state index is 0.267. The lowest BCUT2D eigenvalue weighted by Crippen LogP contribution is -2.39. The minimum atomic E-state index is -2.16. The standard InChI is InChI=1S/C15H30O4Si/c1-5-7-11-18-20(4,19-12-8-6-2)13-9-10-14(3)15(16)17/h3,5-13H2,1-2,4H3,(H,16,17). The Labute approximate surface area is 124 Å². The first-order valence-corrected chi connectivity index (χ1v) is 10.2. The van der Waals surface area contributed by atoms with Gasteiger partial charge in [0.2, 0.25) is 0 Å². The van der Waals surface area contributed by atoms with Crippen LogP contribution in [0.1, 0.15) is 52.4 Å². The van der Waals surface area contributed by atoms with E-state index in [2.05, 4.69) is 27.0 Å². The molecule has 0 fully saturated rings. The molecule has 0 rings (SSSR count). The fourth-order valence-electron chi connectivity index (χ4n) is 1.78. The molecule has 4 nitrogen and oxygen atoms in total. The maximum atomic E-state index is 10.7. The summed E-state index contributed by atoms with van der Waals surface area (Å²) >= 11 is 0. The predicted molar refractivity (Wildman–Crippen MR) is 84.2 cm³/mol. The number of carboxylic acid groups (broad SMARTS) is 1. The Morgan fingerprint density at radius 1 is 1.10 bits per heavy atom. The first-order chi connectivity index (χ1) is 9.45. The Balaban J connectivity index is 4.20. The molecule has 0 atom stereocenters. The van der Waals surface area contributed by atoms with E-state index in [-0.39, 0.29) is 5.57 Å². The van der Waals surface area contributed by atoms with Gasteiger partial charge in [-0.3, -0.25) is 0 Å². The van der Waals surface area contributed by atoms with Gasteiger partial charge in [0, 0.05) is 18.8 Å². The molecule has 0 aromatic carbocycles. The quantitative estimate of drug-likeness (QED) is 0.316. The van der Waals surface area contributed by atoms with E-state index in [0.29, 0.717) is 6.42 Å². The third-order valence-corrected chi connectivity index (χ3v) is 6.11. The first kappa shape index (κ1) is 19.3. The van der Waals surface area contributed by atoms with E-state index in [1.165, 1.54) is 0 Å². The molecule has 0 unspecified atom stereocenters. The summed E-state index contributed by atoms with van der Waals surface area (Å²) in [4.78, 5) is 10.7. The average Bonchev–Trinajstić information content (AvgIpc) is 2.39. The van der Waals surface area contributed by atoms with Crippen LogP contribution in [0, 0.1) is 0 Å². The molecule has 0 aliphatic heterocycles. The second-order valence-corrected chi connectivity index (χ2v) is 8.65. The smallest absolute Gasteiger partial charge is 0.334 e. The molecular weight excluding hydrogens is 272 g/mol. The van der Waals surface area contributed by atoms with Crippen molar-refractivity contribution < 1.29 is 18.8 Å². The fourth-order valence-corrected chi connectivity index (χ4v) is 4.12. The topological polar surface area (TPSA) is 55.8 Å². The third-order valence-electron chi connectivity index (χ3n) is 3.22. The van der Waals surface area contributed by atoms with E-state index in [9.17, 15) is 4.79 Å². The predicted octanol–water partition coefficient (Wildman–Crippen LogP) is 4.11. The molecule has 20 heavy (non-hydrogen) atoms. The van der Waals surface area contributed by atoms with Crippen molar-refractivity contribution in [3.05, 3.63) is 12.2 Å². The lowest BCUT2D eigenvalue weighted by atomic mass is 10.2. The highest BCUT2D eigenvalue weighted by atomic mass is 28.4. The minimum Gasteiger partial charge on any atom is -0.478 e. The number of carbonyl (C=O) groups is 1. The molecule has 0 aliphatic carbocycles. The van der Waals surface area contributed by atoms with Gasteiger partial charge < -0.3 is 14.0 Å². The van der Waals surface area contributed by atoms with Crippen molar-refractivity contribution in [3.8, 4) is 0 Å². The molecule has 5 heteroatoms. The first-order valence-electron chi connectivity index (χ1n) is 7.64. The molecule has 0 aromatic rings. The number of carboxylic acids is 1. The van der Waals surface area contributed by atoms with E-state index in [0.717, 1.165) is 51.4 Å². The summed E-state index contributed by atoms with van der Waals surface area (Å²) in [5.74, 6) is -0.910. The van der Waals surface area contributed by atoms with Crippen LogP contribution in [-0.4, -0.2) is 32.9 Å². The molecular formula is C15H30O4Si. The molecule has 118 valence electrons. The van der Waals surface area contributed by atoms with Crippen molar-refractivity contribution in [3.63, 3.8) is 0 Å². The Kier molecular flexibility index (Phi) is 10.7. The van der Waals surface area contributed by atoms with Crippen LogP contribution in [0.25, 0.3) is 0 Å². The molecule has 0 spiro atoms. The average molecular weight is 302 g/mol. The molecule has 0 bridgehead atoms. The Morgan fingerprint density at radius 2 is 1.60 bits per heavy atom. The van der Waals surface area contributed by atoms with Crippen molar-refractivity contribution in [1.29, 1.82) is 0 Å². The summed E-state index contributed by atoms with van der Waals surface area (Å²) in [6, 6.07) is 0.826. The van der Waals surface area contributed by atoms with Gasteiger partial charge in [-0.2, -0.15) is 0 Å². The highest BCUT2D eigenvalue weighted by Crippen LogP contribution is 2.20. The summed E-state index contributed by atoms with van der Waals surface area (Å²) in [5, 5.41) is 8.81. The van der Waals surface area contributed by atoms with Crippen molar-refractivity contribution in [2.75, 3.05) is 13.2 Å². The summed E-state index contributed by atoms with van der Waals surface area (Å²) in [7, 11) is -2.16. The largest absolute Gasteiger partial charge is 0.478 e. The number of unbranched alkanes of at least 4 members (excludes halogenated alkanes) is 2. The van der Waals surface area contributed by atoms with Gasteiger partial charge in [0.1, 0.15) is 0 Å². The van der Waals surface area contributed by atoms with Gasteiger partial charge in [-0.05, 0) is 38.3 Å². The molecule has 0 saturated heterocycles. The lowest BCUT2D eigenvalue weighted by molar-refractivity contribution is -0.132. The number of aliphatic carboxylic acids is 1. The van der Waals surface area contributed by atoms with Crippen molar-refractivity contribution in [1.82, 2.24) is 0 Å². The molecule has 0 radical (unpaired) electrons. The zero-order chi connectivity index (χ0) is 15.4. The summed E-state index contributed by atoms with van der Waals surface area (Å²) in [6.45, 7) is 11.4. The maximum Gasteiger partial charge on any atom is 0.334 e. The van der Waals surface area contributed by atoms with Crippen LogP contribution < -0.4 is 0 Å². The molecule has 0 aliphatic rings. The van der Waals surface area contributed by atoms with E-state index >= 15 is 0 Å². The van der Waals surface area contributed by atoms with E-state index in [1.54, 1.807) is 0 Å². The van der Waals surface area contributed by atoms with Crippen LogP contribution in [0.2, 0.25) is 12.6 Å². The molecule has 0 saturated carbocycles. The van der Waals surface area contributed by atoms with Crippen LogP contribution in [-0.2, 0) is 13.6 Å². The molecule has 0 aromatic heterocycles. The van der Waals surface area contributed by atoms with Crippen LogP contribution in [0.15, 0.2) is 12.2 Å². The third kappa shape index (κ3) is 9.28. The normalized spacial score (nSPS) is 11.6. The SMILES string of the molecule is C=C(CCC[Si](C)(OCCCC)OCCCC)C(=O)O. The highest BCUT2D eigenvalue weighted by molar-refractivity contribution is 6.66. The van der Waals surface area contributed by atoms with Gasteiger partial charge in [-0.25, -0.2) is 4.79 Å². The van der Waals surface area contributed by atoms with Gasteiger partial charge in [0.15, 0.2) is 0 Å². The van der Waals surface area contributed by atoms with E-state index < -0.39 is 14.5 Å². The molecule has 0 amide bonds. The van der Waals surface area contributed by atoms with Gasteiger partial charge in [0.25, 0.3) is 0 Å². The van der Waals surface area contributed by atoms with Crippen molar-refractivity contribution in [2.45, 2.75) is 65.0 Å².